The van der Waals surface area contributed by atoms with Gasteiger partial charge in [-0.05, 0) is 25.0 Å². The topological polar surface area (TPSA) is 57.6 Å². The molecule has 0 radical (unpaired) electrons. The van der Waals surface area contributed by atoms with E-state index in [9.17, 15) is 17.9 Å². The molecule has 2 rings (SSSR count). The molecule has 88 valence electrons. The summed E-state index contributed by atoms with van der Waals surface area (Å²) in [5.41, 5.74) is -0.234. The van der Waals surface area contributed by atoms with E-state index in [0.717, 1.165) is 10.4 Å². The lowest BCUT2D eigenvalue weighted by atomic mass is 10.2. The van der Waals surface area contributed by atoms with Crippen LogP contribution in [0.5, 0.6) is 5.75 Å². The van der Waals surface area contributed by atoms with Crippen LogP contribution in [0.4, 0.5) is 10.1 Å². The number of sulfonamides is 1. The van der Waals surface area contributed by atoms with E-state index in [4.69, 9.17) is 0 Å². The van der Waals surface area contributed by atoms with Crippen LogP contribution in [0.15, 0.2) is 18.2 Å². The molecule has 1 aliphatic heterocycles. The summed E-state index contributed by atoms with van der Waals surface area (Å²) in [5, 5.41) is 9.53. The summed E-state index contributed by atoms with van der Waals surface area (Å²) < 4.78 is 37.9. The van der Waals surface area contributed by atoms with E-state index < -0.39 is 15.8 Å². The van der Waals surface area contributed by atoms with Crippen molar-refractivity contribution < 1.29 is 17.9 Å². The molecule has 1 aliphatic rings. The molecule has 0 aliphatic carbocycles. The highest BCUT2D eigenvalue weighted by molar-refractivity contribution is 7.92. The fourth-order valence-electron chi connectivity index (χ4n) is 1.79. The van der Waals surface area contributed by atoms with Gasteiger partial charge >= 0.3 is 0 Å². The molecule has 4 nitrogen and oxygen atoms in total. The van der Waals surface area contributed by atoms with Gasteiger partial charge in [0.05, 0.1) is 5.75 Å². The molecule has 0 bridgehead atoms. The van der Waals surface area contributed by atoms with Crippen LogP contribution in [0.1, 0.15) is 12.8 Å². The molecule has 1 fully saturated rings. The van der Waals surface area contributed by atoms with Gasteiger partial charge in [-0.15, -0.1) is 0 Å². The standard InChI is InChI=1S/C10H12FNO3S/c11-8-4-3-5-9(13)10(8)12-6-1-2-7-16(12,14)15/h3-5,13H,1-2,6-7H2. The maximum Gasteiger partial charge on any atom is 0.235 e. The average molecular weight is 245 g/mol. The van der Waals surface area contributed by atoms with Crippen molar-refractivity contribution in [3.05, 3.63) is 24.0 Å². The van der Waals surface area contributed by atoms with Crippen molar-refractivity contribution in [1.29, 1.82) is 0 Å². The van der Waals surface area contributed by atoms with E-state index >= 15 is 0 Å². The molecular formula is C10H12FNO3S. The quantitative estimate of drug-likeness (QED) is 0.815. The van der Waals surface area contributed by atoms with E-state index in [1.54, 1.807) is 0 Å². The number of para-hydroxylation sites is 1. The Morgan fingerprint density at radius 2 is 2.06 bits per heavy atom. The number of anilines is 1. The summed E-state index contributed by atoms with van der Waals surface area (Å²) >= 11 is 0. The van der Waals surface area contributed by atoms with Crippen LogP contribution in [0.2, 0.25) is 0 Å². The fraction of sp³-hybridized carbons (Fsp3) is 0.400. The minimum atomic E-state index is -3.49. The first-order valence-corrected chi connectivity index (χ1v) is 6.61. The van der Waals surface area contributed by atoms with Crippen LogP contribution in [0, 0.1) is 5.82 Å². The molecule has 1 aromatic rings. The van der Waals surface area contributed by atoms with Crippen LogP contribution < -0.4 is 4.31 Å². The van der Waals surface area contributed by atoms with Crippen molar-refractivity contribution in [3.8, 4) is 5.75 Å². The van der Waals surface area contributed by atoms with Crippen molar-refractivity contribution >= 4 is 15.7 Å². The number of rotatable bonds is 1. The van der Waals surface area contributed by atoms with Crippen molar-refractivity contribution in [2.75, 3.05) is 16.6 Å². The SMILES string of the molecule is O=S1(=O)CCCCN1c1c(O)cccc1F. The summed E-state index contributed by atoms with van der Waals surface area (Å²) in [6, 6.07) is 3.76. The number of hydrogen-bond acceptors (Lipinski definition) is 3. The second-order valence-corrected chi connectivity index (χ2v) is 5.72. The lowest BCUT2D eigenvalue weighted by Crippen LogP contribution is -2.38. The Morgan fingerprint density at radius 3 is 2.69 bits per heavy atom. The molecule has 0 unspecified atom stereocenters. The fourth-order valence-corrected chi connectivity index (χ4v) is 3.45. The number of hydrogen-bond donors (Lipinski definition) is 1. The highest BCUT2D eigenvalue weighted by atomic mass is 32.2. The molecule has 1 saturated heterocycles. The summed E-state index contributed by atoms with van der Waals surface area (Å²) in [6.45, 7) is 0.219. The molecule has 16 heavy (non-hydrogen) atoms. The van der Waals surface area contributed by atoms with Gasteiger partial charge in [0.1, 0.15) is 11.4 Å². The van der Waals surface area contributed by atoms with E-state index in [1.165, 1.54) is 12.1 Å². The zero-order valence-electron chi connectivity index (χ0n) is 8.56. The Bertz CT molecular complexity index is 481. The van der Waals surface area contributed by atoms with Gasteiger partial charge < -0.3 is 5.11 Å². The van der Waals surface area contributed by atoms with E-state index in [-0.39, 0.29) is 23.7 Å². The summed E-state index contributed by atoms with van der Waals surface area (Å²) in [6.07, 6.45) is 1.25. The Morgan fingerprint density at radius 1 is 1.31 bits per heavy atom. The van der Waals surface area contributed by atoms with Crippen molar-refractivity contribution in [1.82, 2.24) is 0 Å². The predicted molar refractivity (Wildman–Crippen MR) is 58.4 cm³/mol. The van der Waals surface area contributed by atoms with Gasteiger partial charge in [0, 0.05) is 6.54 Å². The predicted octanol–water partition coefficient (Wildman–Crippen LogP) is 1.46. The van der Waals surface area contributed by atoms with Crippen LogP contribution in [0.25, 0.3) is 0 Å². The van der Waals surface area contributed by atoms with Crippen molar-refractivity contribution in [2.24, 2.45) is 0 Å². The molecule has 0 atom stereocenters. The normalized spacial score (nSPS) is 19.7. The average Bonchev–Trinajstić information content (AvgIpc) is 2.19. The number of aromatic hydroxyl groups is 1. The monoisotopic (exact) mass is 245 g/mol. The first-order chi connectivity index (χ1) is 7.52. The summed E-state index contributed by atoms with van der Waals surface area (Å²) in [5.74, 6) is -1.06. The largest absolute Gasteiger partial charge is 0.506 e. The van der Waals surface area contributed by atoms with Gasteiger partial charge in [-0.2, -0.15) is 0 Å². The summed E-state index contributed by atoms with van der Waals surface area (Å²) in [4.78, 5) is 0. The lowest BCUT2D eigenvalue weighted by molar-refractivity contribution is 0.468. The second kappa shape index (κ2) is 3.93. The van der Waals surface area contributed by atoms with Crippen LogP contribution in [0.3, 0.4) is 0 Å². The van der Waals surface area contributed by atoms with Gasteiger partial charge in [-0.1, -0.05) is 6.07 Å². The number of phenols is 1. The van der Waals surface area contributed by atoms with Crippen molar-refractivity contribution in [2.45, 2.75) is 12.8 Å². The number of phenolic OH excluding ortho intramolecular Hbond substituents is 1. The van der Waals surface area contributed by atoms with E-state index in [2.05, 4.69) is 0 Å². The summed E-state index contributed by atoms with van der Waals surface area (Å²) in [7, 11) is -3.49. The number of nitrogens with zero attached hydrogens (tertiary/aromatic N) is 1. The molecule has 0 saturated carbocycles. The molecule has 0 spiro atoms. The molecule has 6 heteroatoms. The minimum absolute atomic E-state index is 0.000768. The van der Waals surface area contributed by atoms with Crippen molar-refractivity contribution in [3.63, 3.8) is 0 Å². The van der Waals surface area contributed by atoms with Gasteiger partial charge in [-0.3, -0.25) is 4.31 Å². The lowest BCUT2D eigenvalue weighted by Gasteiger charge is -2.28. The van der Waals surface area contributed by atoms with Crippen LogP contribution in [-0.4, -0.2) is 25.8 Å². The first kappa shape index (κ1) is 11.2. The van der Waals surface area contributed by atoms with Crippen LogP contribution >= 0.6 is 0 Å². The van der Waals surface area contributed by atoms with Gasteiger partial charge in [0.25, 0.3) is 0 Å². The Labute approximate surface area is 93.4 Å². The van der Waals surface area contributed by atoms with Gasteiger partial charge in [-0.25, -0.2) is 12.8 Å². The molecular weight excluding hydrogens is 233 g/mol. The zero-order chi connectivity index (χ0) is 11.8. The maximum absolute atomic E-state index is 13.5. The Kier molecular flexibility index (Phi) is 2.75. The molecule has 1 aromatic carbocycles. The first-order valence-electron chi connectivity index (χ1n) is 5.00. The highest BCUT2D eigenvalue weighted by Crippen LogP contribution is 2.33. The second-order valence-electron chi connectivity index (χ2n) is 3.70. The zero-order valence-corrected chi connectivity index (χ0v) is 9.37. The highest BCUT2D eigenvalue weighted by Gasteiger charge is 2.29. The molecule has 1 heterocycles. The molecule has 0 amide bonds. The Balaban J connectivity index is 2.51. The number of halogens is 1. The number of benzene rings is 1. The molecule has 0 aromatic heterocycles. The maximum atomic E-state index is 13.5. The third-order valence-corrected chi connectivity index (χ3v) is 4.41. The van der Waals surface area contributed by atoms with E-state index in [0.29, 0.717) is 12.8 Å². The van der Waals surface area contributed by atoms with Crippen LogP contribution in [-0.2, 0) is 10.0 Å². The van der Waals surface area contributed by atoms with E-state index in [1.807, 2.05) is 0 Å². The Hall–Kier alpha value is -1.30. The third-order valence-electron chi connectivity index (χ3n) is 2.56. The third kappa shape index (κ3) is 1.84. The van der Waals surface area contributed by atoms with Gasteiger partial charge in [0.2, 0.25) is 10.0 Å². The minimum Gasteiger partial charge on any atom is -0.506 e. The smallest absolute Gasteiger partial charge is 0.235 e. The van der Waals surface area contributed by atoms with Gasteiger partial charge in [0.15, 0.2) is 5.82 Å². The molecule has 1 N–H and O–H groups in total.